The van der Waals surface area contributed by atoms with E-state index in [0.717, 1.165) is 6.42 Å². The van der Waals surface area contributed by atoms with Crippen molar-refractivity contribution in [3.63, 3.8) is 0 Å². The Morgan fingerprint density at radius 3 is 2.57 bits per heavy atom. The SMILES string of the molecule is CCCNC1Cc2c(F)c3c(c(O)c2NC1=O)C(=O)C1C(=O)C2(O)C(=N)C(C(N)=O)C(=O)CC2CC1C3. The van der Waals surface area contributed by atoms with Crippen molar-refractivity contribution in [1.29, 1.82) is 5.41 Å². The number of halogens is 1. The molecule has 2 saturated carbocycles. The molecule has 0 aromatic heterocycles. The third-order valence-electron chi connectivity index (χ3n) is 8.28. The molecule has 0 radical (unpaired) electrons. The number of aromatic hydroxyl groups is 1. The first-order valence-corrected chi connectivity index (χ1v) is 12.3. The second-order valence-electron chi connectivity index (χ2n) is 10.4. The average Bonchev–Trinajstić information content (AvgIpc) is 2.83. The number of phenols is 1. The smallest absolute Gasteiger partial charge is 0.241 e. The number of nitrogens with one attached hydrogen (secondary N) is 3. The highest BCUT2D eigenvalue weighted by atomic mass is 19.1. The standard InChI is InChI=1S/C25H27FN4O7/c1-2-3-29-12-7-11-17(26)10-5-8-4-9-6-13(31)16(23(28)35)21(27)25(9,37)22(34)14(8)19(32)15(10)20(33)18(11)30-24(12)36/h8-9,12,14,16,27,29,33,37H,2-7H2,1H3,(H2,28,35)(H,30,36). The van der Waals surface area contributed by atoms with E-state index in [1.54, 1.807) is 0 Å². The minimum atomic E-state index is -2.56. The molecule has 3 aliphatic carbocycles. The molecule has 5 rings (SSSR count). The van der Waals surface area contributed by atoms with Gasteiger partial charge in [-0.3, -0.25) is 24.0 Å². The number of ketones is 3. The van der Waals surface area contributed by atoms with Gasteiger partial charge in [0.1, 0.15) is 11.7 Å². The van der Waals surface area contributed by atoms with Crippen molar-refractivity contribution in [2.75, 3.05) is 11.9 Å². The maximum atomic E-state index is 15.8. The first kappa shape index (κ1) is 25.2. The lowest BCUT2D eigenvalue weighted by atomic mass is 9.53. The van der Waals surface area contributed by atoms with Gasteiger partial charge in [0.15, 0.2) is 28.7 Å². The van der Waals surface area contributed by atoms with Crippen LogP contribution in [0, 0.1) is 34.9 Å². The molecular formula is C25H27FN4O7. The van der Waals surface area contributed by atoms with Gasteiger partial charge in [0.25, 0.3) is 0 Å². The zero-order valence-corrected chi connectivity index (χ0v) is 20.0. The van der Waals surface area contributed by atoms with Gasteiger partial charge in [0.05, 0.1) is 28.9 Å². The largest absolute Gasteiger partial charge is 0.505 e. The van der Waals surface area contributed by atoms with Crippen molar-refractivity contribution < 1.29 is 38.6 Å². The Balaban J connectivity index is 1.57. The molecule has 1 aromatic rings. The number of nitrogens with two attached hydrogens (primary N) is 1. The van der Waals surface area contributed by atoms with Crippen molar-refractivity contribution >= 4 is 40.6 Å². The summed E-state index contributed by atoms with van der Waals surface area (Å²) < 4.78 is 15.8. The number of amides is 2. The summed E-state index contributed by atoms with van der Waals surface area (Å²) in [5, 5.41) is 36.1. The molecule has 0 bridgehead atoms. The van der Waals surface area contributed by atoms with E-state index < -0.39 is 93.7 Å². The van der Waals surface area contributed by atoms with Gasteiger partial charge in [-0.15, -0.1) is 0 Å². The molecule has 12 heteroatoms. The minimum absolute atomic E-state index is 0.0440. The van der Waals surface area contributed by atoms with E-state index in [1.165, 1.54) is 0 Å². The molecule has 7 N–H and O–H groups in total. The highest BCUT2D eigenvalue weighted by Crippen LogP contribution is 2.52. The average molecular weight is 515 g/mol. The number of primary amides is 1. The van der Waals surface area contributed by atoms with Crippen molar-refractivity contribution in [3.05, 3.63) is 22.5 Å². The van der Waals surface area contributed by atoms with E-state index in [9.17, 15) is 34.2 Å². The van der Waals surface area contributed by atoms with E-state index in [1.807, 2.05) is 6.92 Å². The summed E-state index contributed by atoms with van der Waals surface area (Å²) in [4.78, 5) is 64.0. The van der Waals surface area contributed by atoms with Crippen molar-refractivity contribution in [3.8, 4) is 5.75 Å². The summed E-state index contributed by atoms with van der Waals surface area (Å²) >= 11 is 0. The van der Waals surface area contributed by atoms with E-state index >= 15 is 4.39 Å². The highest BCUT2D eigenvalue weighted by Gasteiger charge is 2.64. The van der Waals surface area contributed by atoms with Gasteiger partial charge in [-0.25, -0.2) is 4.39 Å². The molecule has 4 aliphatic rings. The Kier molecular flexibility index (Phi) is 5.79. The third kappa shape index (κ3) is 3.38. The molecule has 0 saturated heterocycles. The molecule has 1 aromatic carbocycles. The van der Waals surface area contributed by atoms with Gasteiger partial charge >= 0.3 is 0 Å². The summed E-state index contributed by atoms with van der Waals surface area (Å²) in [5.41, 5.74) is 1.11. The summed E-state index contributed by atoms with van der Waals surface area (Å²) in [6, 6.07) is -0.727. The predicted molar refractivity (Wildman–Crippen MR) is 126 cm³/mol. The van der Waals surface area contributed by atoms with Crippen LogP contribution in [0.4, 0.5) is 10.1 Å². The Bertz CT molecular complexity index is 1310. The fourth-order valence-corrected chi connectivity index (χ4v) is 6.49. The highest BCUT2D eigenvalue weighted by molar-refractivity contribution is 6.32. The zero-order valence-electron chi connectivity index (χ0n) is 20.0. The van der Waals surface area contributed by atoms with Crippen LogP contribution in [0.1, 0.15) is 47.7 Å². The summed E-state index contributed by atoms with van der Waals surface area (Å²) in [6.07, 6.45) is 0.132. The second kappa shape index (κ2) is 8.52. The van der Waals surface area contributed by atoms with E-state index in [-0.39, 0.29) is 36.1 Å². The summed E-state index contributed by atoms with van der Waals surface area (Å²) in [6.45, 7) is 2.43. The maximum Gasteiger partial charge on any atom is 0.241 e. The first-order valence-electron chi connectivity index (χ1n) is 12.3. The lowest BCUT2D eigenvalue weighted by molar-refractivity contribution is -0.151. The number of aliphatic hydroxyl groups is 1. The fourth-order valence-electron chi connectivity index (χ4n) is 6.49. The van der Waals surface area contributed by atoms with Gasteiger partial charge in [0, 0.05) is 29.9 Å². The molecule has 2 fully saturated rings. The predicted octanol–water partition coefficient (Wildman–Crippen LogP) is -0.221. The topological polar surface area (TPSA) is 200 Å². The molecule has 2 amide bonds. The van der Waals surface area contributed by atoms with Gasteiger partial charge in [-0.1, -0.05) is 6.92 Å². The van der Waals surface area contributed by atoms with Gasteiger partial charge in [0.2, 0.25) is 11.8 Å². The Labute approximate surface area is 210 Å². The zero-order chi connectivity index (χ0) is 27.0. The molecule has 11 nitrogen and oxygen atoms in total. The number of carbonyl (C=O) groups excluding carboxylic acids is 5. The number of Topliss-reactive ketones (excluding diaryl/α,β-unsaturated/α-hetero) is 3. The number of rotatable bonds is 4. The summed E-state index contributed by atoms with van der Waals surface area (Å²) in [7, 11) is 0. The fraction of sp³-hybridized carbons (Fsp3) is 0.520. The van der Waals surface area contributed by atoms with Gasteiger partial charge in [-0.2, -0.15) is 0 Å². The van der Waals surface area contributed by atoms with Crippen molar-refractivity contribution in [2.45, 2.75) is 50.7 Å². The molecular weight excluding hydrogens is 487 g/mol. The lowest BCUT2D eigenvalue weighted by Gasteiger charge is -2.50. The normalized spacial score (nSPS) is 32.7. The molecule has 37 heavy (non-hydrogen) atoms. The van der Waals surface area contributed by atoms with Gasteiger partial charge in [-0.05, 0) is 31.7 Å². The Morgan fingerprint density at radius 1 is 1.22 bits per heavy atom. The number of benzene rings is 1. The van der Waals surface area contributed by atoms with E-state index in [4.69, 9.17) is 11.1 Å². The summed E-state index contributed by atoms with van der Waals surface area (Å²) in [5.74, 6) is -11.0. The molecule has 1 heterocycles. The minimum Gasteiger partial charge on any atom is -0.505 e. The quantitative estimate of drug-likeness (QED) is 0.234. The maximum absolute atomic E-state index is 15.8. The molecule has 6 unspecified atom stereocenters. The number of phenolic OH excluding ortho intramolecular Hbond substituents is 1. The molecule has 196 valence electrons. The lowest BCUT2D eigenvalue weighted by Crippen LogP contribution is -2.68. The number of fused-ring (bicyclic) bond motifs is 4. The monoisotopic (exact) mass is 514 g/mol. The van der Waals surface area contributed by atoms with Gasteiger partial charge < -0.3 is 32.0 Å². The van der Waals surface area contributed by atoms with Crippen LogP contribution in [0.3, 0.4) is 0 Å². The second-order valence-corrected chi connectivity index (χ2v) is 10.4. The third-order valence-corrected chi connectivity index (χ3v) is 8.28. The molecule has 0 spiro atoms. The number of hydrogen-bond donors (Lipinski definition) is 6. The number of hydrogen-bond acceptors (Lipinski definition) is 9. The van der Waals surface area contributed by atoms with Crippen molar-refractivity contribution in [2.24, 2.45) is 29.4 Å². The van der Waals surface area contributed by atoms with Crippen LogP contribution >= 0.6 is 0 Å². The van der Waals surface area contributed by atoms with Crippen LogP contribution in [0.25, 0.3) is 0 Å². The van der Waals surface area contributed by atoms with Crippen molar-refractivity contribution in [1.82, 2.24) is 5.32 Å². The van der Waals surface area contributed by atoms with Crippen LogP contribution in [0.15, 0.2) is 0 Å². The van der Waals surface area contributed by atoms with Crippen LogP contribution in [-0.4, -0.2) is 63.3 Å². The van der Waals surface area contributed by atoms with E-state index in [0.29, 0.717) is 6.54 Å². The Hall–Kier alpha value is -3.51. The Morgan fingerprint density at radius 2 is 1.92 bits per heavy atom. The van der Waals surface area contributed by atoms with Crippen LogP contribution in [0.2, 0.25) is 0 Å². The van der Waals surface area contributed by atoms with Crippen LogP contribution in [-0.2, 0) is 32.0 Å². The van der Waals surface area contributed by atoms with Crippen LogP contribution in [0.5, 0.6) is 5.75 Å². The number of carbonyl (C=O) groups is 5. The first-order chi connectivity index (χ1) is 17.4. The van der Waals surface area contributed by atoms with E-state index in [2.05, 4.69) is 10.6 Å². The molecule has 1 aliphatic heterocycles. The molecule has 6 atom stereocenters. The van der Waals surface area contributed by atoms with Crippen LogP contribution < -0.4 is 16.4 Å². The number of anilines is 1.